The number of rotatable bonds is 4. The third kappa shape index (κ3) is 3.09. The molecule has 0 unspecified atom stereocenters. The minimum absolute atomic E-state index is 0.223. The monoisotopic (exact) mass is 293 g/mol. The van der Waals surface area contributed by atoms with Crippen LogP contribution in [0.5, 0.6) is 0 Å². The van der Waals surface area contributed by atoms with Gasteiger partial charge in [0.25, 0.3) is 5.91 Å². The molecule has 116 valence electrons. The number of amides is 1. The van der Waals surface area contributed by atoms with Crippen molar-refractivity contribution in [3.8, 4) is 0 Å². The summed E-state index contributed by atoms with van der Waals surface area (Å²) < 4.78 is 1.52. The molecule has 1 saturated carbocycles. The van der Waals surface area contributed by atoms with Crippen LogP contribution < -0.4 is 5.32 Å². The zero-order valence-electron chi connectivity index (χ0n) is 12.8. The normalized spacial score (nSPS) is 17.7. The molecule has 21 heavy (non-hydrogen) atoms. The van der Waals surface area contributed by atoms with Gasteiger partial charge in [-0.2, -0.15) is 5.10 Å². The lowest BCUT2D eigenvalue weighted by Crippen LogP contribution is -2.55. The lowest BCUT2D eigenvalue weighted by atomic mass is 9.81. The van der Waals surface area contributed by atoms with Crippen molar-refractivity contribution < 1.29 is 14.7 Å². The summed E-state index contributed by atoms with van der Waals surface area (Å²) in [6.07, 6.45) is 3.66. The van der Waals surface area contributed by atoms with Gasteiger partial charge in [-0.25, -0.2) is 4.79 Å². The first kappa shape index (κ1) is 15.5. The van der Waals surface area contributed by atoms with Crippen molar-refractivity contribution in [1.82, 2.24) is 15.1 Å². The first-order chi connectivity index (χ1) is 9.85. The fourth-order valence-corrected chi connectivity index (χ4v) is 2.81. The second-order valence-electron chi connectivity index (χ2n) is 6.13. The van der Waals surface area contributed by atoms with Gasteiger partial charge in [0.05, 0.1) is 5.69 Å². The van der Waals surface area contributed by atoms with Gasteiger partial charge in [0, 0.05) is 7.05 Å². The van der Waals surface area contributed by atoms with Crippen LogP contribution in [0.4, 0.5) is 0 Å². The van der Waals surface area contributed by atoms with E-state index in [0.29, 0.717) is 18.5 Å². The number of carbonyl (C=O) groups excluding carboxylic acids is 1. The summed E-state index contributed by atoms with van der Waals surface area (Å²) >= 11 is 0. The standard InChI is InChI=1S/C15H23N3O3/c1-10(2)11-9-12(18(3)17-11)13(19)16-15(14(20)21)7-5-4-6-8-15/h9-10H,4-8H2,1-3H3,(H,16,19)(H,20,21). The number of aryl methyl sites for hydroxylation is 1. The molecule has 0 radical (unpaired) electrons. The number of hydrogen-bond donors (Lipinski definition) is 2. The van der Waals surface area contributed by atoms with Gasteiger partial charge in [0.15, 0.2) is 0 Å². The quantitative estimate of drug-likeness (QED) is 0.890. The lowest BCUT2D eigenvalue weighted by Gasteiger charge is -2.33. The molecular formula is C15H23N3O3. The van der Waals surface area contributed by atoms with E-state index in [2.05, 4.69) is 10.4 Å². The summed E-state index contributed by atoms with van der Waals surface area (Å²) in [5.74, 6) is -1.08. The Labute approximate surface area is 124 Å². The lowest BCUT2D eigenvalue weighted by molar-refractivity contribution is -0.145. The summed E-state index contributed by atoms with van der Waals surface area (Å²) in [6.45, 7) is 4.01. The summed E-state index contributed by atoms with van der Waals surface area (Å²) in [6, 6.07) is 1.73. The SMILES string of the molecule is CC(C)c1cc(C(=O)NC2(C(=O)O)CCCCC2)n(C)n1. The second-order valence-corrected chi connectivity index (χ2v) is 6.13. The molecule has 1 aliphatic carbocycles. The van der Waals surface area contributed by atoms with Gasteiger partial charge in [-0.05, 0) is 24.8 Å². The Balaban J connectivity index is 2.21. The smallest absolute Gasteiger partial charge is 0.329 e. The molecule has 2 N–H and O–H groups in total. The van der Waals surface area contributed by atoms with Crippen molar-refractivity contribution in [1.29, 1.82) is 0 Å². The van der Waals surface area contributed by atoms with E-state index in [1.165, 1.54) is 4.68 Å². The minimum Gasteiger partial charge on any atom is -0.480 e. The first-order valence-electron chi connectivity index (χ1n) is 7.45. The number of nitrogens with zero attached hydrogens (tertiary/aromatic N) is 2. The number of aromatic nitrogens is 2. The molecule has 6 heteroatoms. The van der Waals surface area contributed by atoms with Crippen LogP contribution in [-0.4, -0.2) is 32.3 Å². The Morgan fingerprint density at radius 1 is 1.33 bits per heavy atom. The van der Waals surface area contributed by atoms with E-state index in [1.807, 2.05) is 13.8 Å². The number of hydrogen-bond acceptors (Lipinski definition) is 3. The van der Waals surface area contributed by atoms with Gasteiger partial charge in [-0.3, -0.25) is 9.48 Å². The van der Waals surface area contributed by atoms with Gasteiger partial charge in [-0.1, -0.05) is 33.1 Å². The predicted molar refractivity (Wildman–Crippen MR) is 78.2 cm³/mol. The average Bonchev–Trinajstić information content (AvgIpc) is 2.82. The van der Waals surface area contributed by atoms with E-state index in [4.69, 9.17) is 0 Å². The van der Waals surface area contributed by atoms with Crippen LogP contribution in [-0.2, 0) is 11.8 Å². The Morgan fingerprint density at radius 2 is 1.95 bits per heavy atom. The molecule has 0 spiro atoms. The van der Waals surface area contributed by atoms with Crippen molar-refractivity contribution >= 4 is 11.9 Å². The number of carbonyl (C=O) groups is 2. The maximum Gasteiger partial charge on any atom is 0.329 e. The Hall–Kier alpha value is -1.85. The maximum absolute atomic E-state index is 12.4. The number of nitrogens with one attached hydrogen (secondary N) is 1. The Morgan fingerprint density at radius 3 is 2.43 bits per heavy atom. The summed E-state index contributed by atoms with van der Waals surface area (Å²) in [4.78, 5) is 24.0. The van der Waals surface area contributed by atoms with Crippen molar-refractivity contribution in [2.45, 2.75) is 57.4 Å². The summed E-state index contributed by atoms with van der Waals surface area (Å²) in [5, 5.41) is 16.6. The molecule has 1 aromatic rings. The highest BCUT2D eigenvalue weighted by atomic mass is 16.4. The molecule has 0 aliphatic heterocycles. The number of carboxylic acid groups (broad SMARTS) is 1. The Bertz CT molecular complexity index is 542. The van der Waals surface area contributed by atoms with Crippen molar-refractivity contribution in [2.24, 2.45) is 7.05 Å². The van der Waals surface area contributed by atoms with E-state index >= 15 is 0 Å². The van der Waals surface area contributed by atoms with Crippen molar-refractivity contribution in [2.75, 3.05) is 0 Å². The molecule has 1 fully saturated rings. The number of aliphatic carboxylic acids is 1. The highest BCUT2D eigenvalue weighted by Crippen LogP contribution is 2.29. The van der Waals surface area contributed by atoms with Gasteiger partial charge >= 0.3 is 5.97 Å². The Kier molecular flexibility index (Phi) is 4.34. The molecule has 6 nitrogen and oxygen atoms in total. The molecule has 1 heterocycles. The number of carboxylic acids is 1. The highest BCUT2D eigenvalue weighted by Gasteiger charge is 2.41. The van der Waals surface area contributed by atoms with Crippen LogP contribution in [0.1, 0.15) is 68.1 Å². The van der Waals surface area contributed by atoms with Gasteiger partial charge < -0.3 is 10.4 Å². The fraction of sp³-hybridized carbons (Fsp3) is 0.667. The molecular weight excluding hydrogens is 270 g/mol. The molecule has 1 amide bonds. The zero-order chi connectivity index (χ0) is 15.6. The minimum atomic E-state index is -1.13. The zero-order valence-corrected chi connectivity index (χ0v) is 12.8. The largest absolute Gasteiger partial charge is 0.480 e. The topological polar surface area (TPSA) is 84.2 Å². The van der Waals surface area contributed by atoms with Crippen LogP contribution in [0.15, 0.2) is 6.07 Å². The van der Waals surface area contributed by atoms with E-state index in [-0.39, 0.29) is 11.8 Å². The first-order valence-corrected chi connectivity index (χ1v) is 7.45. The van der Waals surface area contributed by atoms with Gasteiger partial charge in [0.2, 0.25) is 0 Å². The molecule has 0 bridgehead atoms. The molecule has 0 saturated heterocycles. The second kappa shape index (κ2) is 5.87. The highest BCUT2D eigenvalue weighted by molar-refractivity contribution is 5.96. The van der Waals surface area contributed by atoms with Crippen LogP contribution in [0, 0.1) is 0 Å². The van der Waals surface area contributed by atoms with E-state index < -0.39 is 11.5 Å². The molecule has 2 rings (SSSR count). The molecule has 1 aliphatic rings. The average molecular weight is 293 g/mol. The summed E-state index contributed by atoms with van der Waals surface area (Å²) in [7, 11) is 1.70. The molecule has 0 aromatic carbocycles. The maximum atomic E-state index is 12.4. The van der Waals surface area contributed by atoms with Gasteiger partial charge in [0.1, 0.15) is 11.2 Å². The van der Waals surface area contributed by atoms with Crippen LogP contribution in [0.3, 0.4) is 0 Å². The molecule has 1 aromatic heterocycles. The van der Waals surface area contributed by atoms with Crippen LogP contribution in [0.25, 0.3) is 0 Å². The van der Waals surface area contributed by atoms with Crippen LogP contribution in [0.2, 0.25) is 0 Å². The van der Waals surface area contributed by atoms with E-state index in [0.717, 1.165) is 25.0 Å². The van der Waals surface area contributed by atoms with E-state index in [9.17, 15) is 14.7 Å². The fourth-order valence-electron chi connectivity index (χ4n) is 2.81. The van der Waals surface area contributed by atoms with E-state index in [1.54, 1.807) is 13.1 Å². The van der Waals surface area contributed by atoms with Gasteiger partial charge in [-0.15, -0.1) is 0 Å². The van der Waals surface area contributed by atoms with Crippen molar-refractivity contribution in [3.63, 3.8) is 0 Å². The predicted octanol–water partition coefficient (Wildman–Crippen LogP) is 2.06. The molecule has 0 atom stereocenters. The third-order valence-corrected chi connectivity index (χ3v) is 4.19. The summed E-state index contributed by atoms with van der Waals surface area (Å²) in [5.41, 5.74) is 0.109. The van der Waals surface area contributed by atoms with Crippen LogP contribution >= 0.6 is 0 Å². The van der Waals surface area contributed by atoms with Crippen molar-refractivity contribution in [3.05, 3.63) is 17.5 Å². The third-order valence-electron chi connectivity index (χ3n) is 4.19.